The molecule has 0 bridgehead atoms. The van der Waals surface area contributed by atoms with Crippen molar-refractivity contribution in [1.29, 1.82) is 0 Å². The second-order valence-electron chi connectivity index (χ2n) is 7.71. The van der Waals surface area contributed by atoms with Crippen molar-refractivity contribution < 1.29 is 4.52 Å². The number of rotatable bonds is 5. The highest BCUT2D eigenvalue weighted by Crippen LogP contribution is 2.39. The first-order chi connectivity index (χ1) is 13.9. The van der Waals surface area contributed by atoms with Crippen molar-refractivity contribution >= 4 is 5.82 Å². The molecule has 2 aliphatic rings. The van der Waals surface area contributed by atoms with Crippen LogP contribution in [0.5, 0.6) is 0 Å². The molecule has 1 saturated carbocycles. The molecule has 144 valence electrons. The minimum Gasteiger partial charge on any atom is -0.355 e. The van der Waals surface area contributed by atoms with Crippen molar-refractivity contribution in [3.8, 4) is 11.5 Å². The summed E-state index contributed by atoms with van der Waals surface area (Å²) in [5, 5.41) is 4.18. The monoisotopic (exact) mass is 375 g/mol. The average molecular weight is 375 g/mol. The largest absolute Gasteiger partial charge is 0.355 e. The van der Waals surface area contributed by atoms with Gasteiger partial charge in [0.05, 0.1) is 5.56 Å². The SMILES string of the molecule is c1ccc(CN2CCCN(c3ncccc3-c3nc(C4CC4)no3)CC2)cc1. The number of aromatic nitrogens is 3. The predicted octanol–water partition coefficient (Wildman–Crippen LogP) is 3.72. The summed E-state index contributed by atoms with van der Waals surface area (Å²) in [5.74, 6) is 2.88. The van der Waals surface area contributed by atoms with Crippen LogP contribution in [0.3, 0.4) is 0 Å². The lowest BCUT2D eigenvalue weighted by Crippen LogP contribution is -2.31. The molecule has 2 fully saturated rings. The Labute approximate surface area is 165 Å². The Hall–Kier alpha value is -2.73. The molecule has 1 aliphatic carbocycles. The van der Waals surface area contributed by atoms with Gasteiger partial charge >= 0.3 is 0 Å². The number of hydrogen-bond donors (Lipinski definition) is 0. The highest BCUT2D eigenvalue weighted by atomic mass is 16.5. The van der Waals surface area contributed by atoms with Crippen LogP contribution in [-0.4, -0.2) is 46.2 Å². The summed E-state index contributed by atoms with van der Waals surface area (Å²) >= 11 is 0. The van der Waals surface area contributed by atoms with Crippen LogP contribution in [0.25, 0.3) is 11.5 Å². The Morgan fingerprint density at radius 1 is 0.964 bits per heavy atom. The van der Waals surface area contributed by atoms with E-state index in [0.29, 0.717) is 11.8 Å². The van der Waals surface area contributed by atoms with Gasteiger partial charge in [0, 0.05) is 44.8 Å². The molecule has 1 aromatic carbocycles. The molecule has 0 atom stereocenters. The van der Waals surface area contributed by atoms with Gasteiger partial charge in [0.2, 0.25) is 0 Å². The lowest BCUT2D eigenvalue weighted by Gasteiger charge is -2.24. The van der Waals surface area contributed by atoms with E-state index >= 15 is 0 Å². The summed E-state index contributed by atoms with van der Waals surface area (Å²) in [6.07, 6.45) is 5.30. The molecule has 0 spiro atoms. The summed E-state index contributed by atoms with van der Waals surface area (Å²) in [6, 6.07) is 14.7. The van der Waals surface area contributed by atoms with Crippen LogP contribution in [0.2, 0.25) is 0 Å². The fourth-order valence-electron chi connectivity index (χ4n) is 3.85. The van der Waals surface area contributed by atoms with Gasteiger partial charge in [-0.15, -0.1) is 0 Å². The predicted molar refractivity (Wildman–Crippen MR) is 108 cm³/mol. The maximum atomic E-state index is 5.58. The van der Waals surface area contributed by atoms with Crippen LogP contribution in [0, 0.1) is 0 Å². The zero-order chi connectivity index (χ0) is 18.8. The van der Waals surface area contributed by atoms with Crippen LogP contribution in [0.15, 0.2) is 53.2 Å². The zero-order valence-corrected chi connectivity index (χ0v) is 16.0. The van der Waals surface area contributed by atoms with Gasteiger partial charge in [-0.3, -0.25) is 4.90 Å². The minimum atomic E-state index is 0.488. The Bertz CT molecular complexity index is 921. The van der Waals surface area contributed by atoms with Gasteiger partial charge in [-0.25, -0.2) is 4.98 Å². The highest BCUT2D eigenvalue weighted by Gasteiger charge is 2.30. The van der Waals surface area contributed by atoms with Crippen molar-refractivity contribution in [2.75, 3.05) is 31.1 Å². The first-order valence-corrected chi connectivity index (χ1v) is 10.2. The van der Waals surface area contributed by atoms with E-state index in [2.05, 4.69) is 55.3 Å². The second kappa shape index (κ2) is 7.72. The molecule has 3 aromatic rings. The molecule has 0 radical (unpaired) electrons. The zero-order valence-electron chi connectivity index (χ0n) is 16.0. The van der Waals surface area contributed by atoms with Crippen molar-refractivity contribution in [3.63, 3.8) is 0 Å². The summed E-state index contributed by atoms with van der Waals surface area (Å²) in [7, 11) is 0. The highest BCUT2D eigenvalue weighted by molar-refractivity contribution is 5.69. The maximum Gasteiger partial charge on any atom is 0.261 e. The van der Waals surface area contributed by atoms with E-state index in [1.54, 1.807) is 0 Å². The number of hydrogen-bond acceptors (Lipinski definition) is 6. The summed E-state index contributed by atoms with van der Waals surface area (Å²) in [4.78, 5) is 14.2. The molecule has 0 unspecified atom stereocenters. The van der Waals surface area contributed by atoms with E-state index < -0.39 is 0 Å². The van der Waals surface area contributed by atoms with E-state index in [9.17, 15) is 0 Å². The molecule has 0 N–H and O–H groups in total. The Morgan fingerprint density at radius 2 is 1.86 bits per heavy atom. The van der Waals surface area contributed by atoms with Crippen LogP contribution in [0.4, 0.5) is 5.82 Å². The Balaban J connectivity index is 1.32. The summed E-state index contributed by atoms with van der Waals surface area (Å²) in [6.45, 7) is 5.04. The third-order valence-corrected chi connectivity index (χ3v) is 5.54. The standard InChI is InChI=1S/C22H25N5O/c1-2-6-17(7-3-1)16-26-12-5-13-27(15-14-26)21-19(8-4-11-23-21)22-24-20(25-28-22)18-9-10-18/h1-4,6-8,11,18H,5,9-10,12-16H2. The van der Waals surface area contributed by atoms with Gasteiger partial charge in [0.1, 0.15) is 5.82 Å². The topological polar surface area (TPSA) is 58.3 Å². The molecule has 5 rings (SSSR count). The van der Waals surface area contributed by atoms with Crippen molar-refractivity contribution in [2.24, 2.45) is 0 Å². The summed E-state index contributed by atoms with van der Waals surface area (Å²) < 4.78 is 5.58. The van der Waals surface area contributed by atoms with Crippen LogP contribution < -0.4 is 4.90 Å². The lowest BCUT2D eigenvalue weighted by atomic mass is 10.2. The quantitative estimate of drug-likeness (QED) is 0.677. The molecule has 6 heteroatoms. The van der Waals surface area contributed by atoms with Crippen LogP contribution in [-0.2, 0) is 6.54 Å². The molecule has 3 heterocycles. The maximum absolute atomic E-state index is 5.58. The fourth-order valence-corrected chi connectivity index (χ4v) is 3.85. The van der Waals surface area contributed by atoms with Gasteiger partial charge in [-0.1, -0.05) is 35.5 Å². The first-order valence-electron chi connectivity index (χ1n) is 10.2. The molecule has 1 saturated heterocycles. The number of benzene rings is 1. The van der Waals surface area contributed by atoms with E-state index in [1.165, 1.54) is 18.4 Å². The number of anilines is 1. The lowest BCUT2D eigenvalue weighted by molar-refractivity contribution is 0.285. The normalized spacial score (nSPS) is 18.2. The second-order valence-corrected chi connectivity index (χ2v) is 7.71. The number of pyridine rings is 1. The third kappa shape index (κ3) is 3.78. The molecule has 2 aromatic heterocycles. The van der Waals surface area contributed by atoms with Gasteiger partial charge in [-0.05, 0) is 37.0 Å². The van der Waals surface area contributed by atoms with E-state index in [1.807, 2.05) is 18.3 Å². The van der Waals surface area contributed by atoms with E-state index in [-0.39, 0.29) is 0 Å². The first kappa shape index (κ1) is 17.4. The van der Waals surface area contributed by atoms with E-state index in [0.717, 1.165) is 56.4 Å². The van der Waals surface area contributed by atoms with Crippen LogP contribution >= 0.6 is 0 Å². The smallest absolute Gasteiger partial charge is 0.261 e. The summed E-state index contributed by atoms with van der Waals surface area (Å²) in [5.41, 5.74) is 2.31. The number of nitrogens with zero attached hydrogens (tertiary/aromatic N) is 5. The molecule has 1 aliphatic heterocycles. The van der Waals surface area contributed by atoms with Crippen molar-refractivity contribution in [2.45, 2.75) is 31.7 Å². The minimum absolute atomic E-state index is 0.488. The molecular weight excluding hydrogens is 350 g/mol. The van der Waals surface area contributed by atoms with Crippen molar-refractivity contribution in [1.82, 2.24) is 20.0 Å². The van der Waals surface area contributed by atoms with Gasteiger partial charge in [-0.2, -0.15) is 4.98 Å². The molecule has 0 amide bonds. The molecular formula is C22H25N5O. The molecule has 6 nitrogen and oxygen atoms in total. The Morgan fingerprint density at radius 3 is 2.71 bits per heavy atom. The van der Waals surface area contributed by atoms with Crippen molar-refractivity contribution in [3.05, 3.63) is 60.0 Å². The fraction of sp³-hybridized carbons (Fsp3) is 0.409. The average Bonchev–Trinajstić information content (AvgIpc) is 3.52. The third-order valence-electron chi connectivity index (χ3n) is 5.54. The van der Waals surface area contributed by atoms with E-state index in [4.69, 9.17) is 4.52 Å². The molecule has 28 heavy (non-hydrogen) atoms. The van der Waals surface area contributed by atoms with Crippen LogP contribution in [0.1, 0.15) is 36.6 Å². The Kier molecular flexibility index (Phi) is 4.79. The van der Waals surface area contributed by atoms with Gasteiger partial charge in [0.25, 0.3) is 5.89 Å². The van der Waals surface area contributed by atoms with Gasteiger partial charge in [0.15, 0.2) is 5.82 Å². The van der Waals surface area contributed by atoms with Gasteiger partial charge < -0.3 is 9.42 Å².